The van der Waals surface area contributed by atoms with Crippen LogP contribution in [0.5, 0.6) is 0 Å². The summed E-state index contributed by atoms with van der Waals surface area (Å²) in [7, 11) is 0. The summed E-state index contributed by atoms with van der Waals surface area (Å²) in [6, 6.07) is 0.164. The minimum Gasteiger partial charge on any atom is -0.481 e. The van der Waals surface area contributed by atoms with Crippen molar-refractivity contribution < 1.29 is 4.74 Å². The maximum absolute atomic E-state index is 5.56. The lowest BCUT2D eigenvalue weighted by Gasteiger charge is -2.14. The smallest absolute Gasteiger partial charge is 0.184 e. The molecule has 1 rings (SSSR count). The Kier molecular flexibility index (Phi) is 2.68. The molecule has 0 radical (unpaired) electrons. The van der Waals surface area contributed by atoms with E-state index in [9.17, 15) is 0 Å². The first-order chi connectivity index (χ1) is 4.79. The molecule has 3 nitrogen and oxygen atoms in total. The molecule has 0 aliphatic carbocycles. The van der Waals surface area contributed by atoms with Crippen molar-refractivity contribution >= 4 is 5.90 Å². The van der Waals surface area contributed by atoms with Gasteiger partial charge in [-0.25, -0.2) is 0 Å². The molecule has 1 aliphatic rings. The number of hydrogen-bond donors (Lipinski definition) is 1. The van der Waals surface area contributed by atoms with Crippen molar-refractivity contribution in [2.24, 2.45) is 10.7 Å². The lowest BCUT2D eigenvalue weighted by molar-refractivity contribution is 0.271. The Morgan fingerprint density at radius 2 is 2.60 bits per heavy atom. The van der Waals surface area contributed by atoms with E-state index in [1.165, 1.54) is 0 Å². The standard InChI is InChI=1S/C7H14N2O/c1-6(8)5-7-9-3-2-4-10-7/h6H,2-5,8H2,1H3. The van der Waals surface area contributed by atoms with Crippen LogP contribution in [0.1, 0.15) is 19.8 Å². The second-order valence-electron chi connectivity index (χ2n) is 2.66. The van der Waals surface area contributed by atoms with Gasteiger partial charge in [0.15, 0.2) is 5.90 Å². The van der Waals surface area contributed by atoms with E-state index in [1.807, 2.05) is 6.92 Å². The second-order valence-corrected chi connectivity index (χ2v) is 2.66. The van der Waals surface area contributed by atoms with Crippen LogP contribution in [0.25, 0.3) is 0 Å². The molecule has 58 valence electrons. The third-order valence-corrected chi connectivity index (χ3v) is 1.36. The zero-order valence-electron chi connectivity index (χ0n) is 6.34. The van der Waals surface area contributed by atoms with Gasteiger partial charge in [0.1, 0.15) is 0 Å². The average molecular weight is 142 g/mol. The van der Waals surface area contributed by atoms with Crippen LogP contribution >= 0.6 is 0 Å². The zero-order chi connectivity index (χ0) is 7.40. The van der Waals surface area contributed by atoms with Crippen LogP contribution in [-0.2, 0) is 4.74 Å². The predicted molar refractivity (Wildman–Crippen MR) is 41.1 cm³/mol. The highest BCUT2D eigenvalue weighted by Gasteiger charge is 2.07. The normalized spacial score (nSPS) is 21.2. The number of ether oxygens (including phenoxy) is 1. The summed E-state index contributed by atoms with van der Waals surface area (Å²) in [5.74, 6) is 0.834. The van der Waals surface area contributed by atoms with Crippen molar-refractivity contribution in [1.82, 2.24) is 0 Å². The first kappa shape index (κ1) is 7.54. The molecule has 0 saturated heterocycles. The second kappa shape index (κ2) is 3.56. The molecule has 0 aromatic heterocycles. The van der Waals surface area contributed by atoms with Gasteiger partial charge < -0.3 is 10.5 Å². The van der Waals surface area contributed by atoms with Gasteiger partial charge in [0, 0.05) is 25.4 Å². The van der Waals surface area contributed by atoms with E-state index in [4.69, 9.17) is 10.5 Å². The molecule has 1 atom stereocenters. The molecule has 3 heteroatoms. The van der Waals surface area contributed by atoms with E-state index >= 15 is 0 Å². The van der Waals surface area contributed by atoms with Crippen molar-refractivity contribution in [2.45, 2.75) is 25.8 Å². The summed E-state index contributed by atoms with van der Waals surface area (Å²) in [6.07, 6.45) is 1.82. The Hall–Kier alpha value is -0.570. The lowest BCUT2D eigenvalue weighted by atomic mass is 10.2. The highest BCUT2D eigenvalue weighted by Crippen LogP contribution is 2.01. The van der Waals surface area contributed by atoms with Gasteiger partial charge in [0.05, 0.1) is 6.61 Å². The number of hydrogen-bond acceptors (Lipinski definition) is 3. The fourth-order valence-electron chi connectivity index (χ4n) is 0.903. The summed E-state index contributed by atoms with van der Waals surface area (Å²) in [5.41, 5.74) is 5.56. The minimum atomic E-state index is 0.164. The summed E-state index contributed by atoms with van der Waals surface area (Å²) in [5, 5.41) is 0. The van der Waals surface area contributed by atoms with Crippen molar-refractivity contribution in [2.75, 3.05) is 13.2 Å². The quantitative estimate of drug-likeness (QED) is 0.611. The van der Waals surface area contributed by atoms with Crippen molar-refractivity contribution in [1.29, 1.82) is 0 Å². The van der Waals surface area contributed by atoms with E-state index in [-0.39, 0.29) is 6.04 Å². The maximum Gasteiger partial charge on any atom is 0.184 e. The van der Waals surface area contributed by atoms with Crippen LogP contribution in [-0.4, -0.2) is 25.1 Å². The molecule has 0 spiro atoms. The van der Waals surface area contributed by atoms with Crippen LogP contribution in [0.3, 0.4) is 0 Å². The minimum absolute atomic E-state index is 0.164. The molecule has 0 amide bonds. The molecule has 1 unspecified atom stereocenters. The fraction of sp³-hybridized carbons (Fsp3) is 0.857. The highest BCUT2D eigenvalue weighted by molar-refractivity contribution is 5.77. The number of nitrogens with two attached hydrogens (primary N) is 1. The molecule has 0 bridgehead atoms. The first-order valence-electron chi connectivity index (χ1n) is 3.71. The number of aliphatic imine (C=N–C) groups is 1. The van der Waals surface area contributed by atoms with Gasteiger partial charge in [-0.3, -0.25) is 4.99 Å². The molecule has 10 heavy (non-hydrogen) atoms. The molecule has 1 heterocycles. The molecule has 2 N–H and O–H groups in total. The largest absolute Gasteiger partial charge is 0.481 e. The fourth-order valence-corrected chi connectivity index (χ4v) is 0.903. The van der Waals surface area contributed by atoms with Gasteiger partial charge in [0.25, 0.3) is 0 Å². The summed E-state index contributed by atoms with van der Waals surface area (Å²) in [6.45, 7) is 3.67. The van der Waals surface area contributed by atoms with Crippen LogP contribution in [0.4, 0.5) is 0 Å². The monoisotopic (exact) mass is 142 g/mol. The van der Waals surface area contributed by atoms with Gasteiger partial charge in [-0.05, 0) is 6.92 Å². The lowest BCUT2D eigenvalue weighted by Crippen LogP contribution is -2.23. The molecular weight excluding hydrogens is 128 g/mol. The van der Waals surface area contributed by atoms with Crippen molar-refractivity contribution in [3.63, 3.8) is 0 Å². The summed E-state index contributed by atoms with van der Waals surface area (Å²) in [4.78, 5) is 4.18. The maximum atomic E-state index is 5.56. The predicted octanol–water partition coefficient (Wildman–Crippen LogP) is 0.542. The Morgan fingerprint density at radius 3 is 3.10 bits per heavy atom. The van der Waals surface area contributed by atoms with Crippen LogP contribution < -0.4 is 5.73 Å². The summed E-state index contributed by atoms with van der Waals surface area (Å²) >= 11 is 0. The van der Waals surface area contributed by atoms with Gasteiger partial charge in [-0.15, -0.1) is 0 Å². The van der Waals surface area contributed by atoms with Gasteiger partial charge in [-0.1, -0.05) is 0 Å². The van der Waals surface area contributed by atoms with Gasteiger partial charge in [0.2, 0.25) is 0 Å². The Morgan fingerprint density at radius 1 is 1.80 bits per heavy atom. The Bertz CT molecular complexity index is 132. The molecule has 0 aromatic rings. The van der Waals surface area contributed by atoms with Crippen LogP contribution in [0.2, 0.25) is 0 Å². The third-order valence-electron chi connectivity index (χ3n) is 1.36. The van der Waals surface area contributed by atoms with E-state index < -0.39 is 0 Å². The molecule has 0 aromatic carbocycles. The van der Waals surface area contributed by atoms with Crippen LogP contribution in [0, 0.1) is 0 Å². The first-order valence-corrected chi connectivity index (χ1v) is 3.71. The Labute approximate surface area is 61.3 Å². The third kappa shape index (κ3) is 2.35. The van der Waals surface area contributed by atoms with E-state index in [0.29, 0.717) is 0 Å². The van der Waals surface area contributed by atoms with E-state index in [0.717, 1.165) is 31.9 Å². The van der Waals surface area contributed by atoms with Gasteiger partial charge >= 0.3 is 0 Å². The molecule has 0 saturated carbocycles. The average Bonchev–Trinajstić information content (AvgIpc) is 1.88. The van der Waals surface area contributed by atoms with Crippen molar-refractivity contribution in [3.8, 4) is 0 Å². The van der Waals surface area contributed by atoms with E-state index in [1.54, 1.807) is 0 Å². The highest BCUT2D eigenvalue weighted by atomic mass is 16.5. The zero-order valence-corrected chi connectivity index (χ0v) is 6.34. The molecule has 0 fully saturated rings. The summed E-state index contributed by atoms with van der Waals surface area (Å²) < 4.78 is 5.26. The van der Waals surface area contributed by atoms with E-state index in [2.05, 4.69) is 4.99 Å². The SMILES string of the molecule is CC(N)CC1=NCCCO1. The molecule has 1 aliphatic heterocycles. The van der Waals surface area contributed by atoms with Gasteiger partial charge in [-0.2, -0.15) is 0 Å². The number of nitrogens with zero attached hydrogens (tertiary/aromatic N) is 1. The number of rotatable bonds is 2. The Balaban J connectivity index is 2.31. The molecular formula is C7H14N2O. The van der Waals surface area contributed by atoms with Crippen molar-refractivity contribution in [3.05, 3.63) is 0 Å². The topological polar surface area (TPSA) is 47.6 Å². The van der Waals surface area contributed by atoms with Crippen LogP contribution in [0.15, 0.2) is 4.99 Å².